The fraction of sp³-hybridized carbons (Fsp3) is 0.200. The molecular formula is C10H10FN3OS. The lowest BCUT2D eigenvalue weighted by Crippen LogP contribution is -2.26. The average Bonchev–Trinajstić information content (AvgIpc) is 2.26. The number of amides is 2. The van der Waals surface area contributed by atoms with Gasteiger partial charge in [-0.3, -0.25) is 0 Å². The zero-order valence-electron chi connectivity index (χ0n) is 8.37. The number of carbonyl (C=O) groups is 1. The molecule has 6 heteroatoms. The van der Waals surface area contributed by atoms with Crippen LogP contribution >= 0.6 is 11.8 Å². The molecule has 0 radical (unpaired) electrons. The first-order valence-corrected chi connectivity index (χ1v) is 5.70. The zero-order valence-corrected chi connectivity index (χ0v) is 9.18. The van der Waals surface area contributed by atoms with Gasteiger partial charge in [-0.15, -0.1) is 11.8 Å². The van der Waals surface area contributed by atoms with Gasteiger partial charge in [0.25, 0.3) is 0 Å². The number of hydrogen-bond donors (Lipinski definition) is 2. The minimum absolute atomic E-state index is 0.312. The van der Waals surface area contributed by atoms with Crippen molar-refractivity contribution in [3.63, 3.8) is 0 Å². The summed E-state index contributed by atoms with van der Waals surface area (Å²) < 4.78 is 13.1. The molecule has 0 aliphatic carbocycles. The first-order chi connectivity index (χ1) is 7.66. The number of nitrogens with one attached hydrogen (secondary N) is 1. The third-order valence-electron chi connectivity index (χ3n) is 2.15. The van der Waals surface area contributed by atoms with Crippen LogP contribution in [0.2, 0.25) is 0 Å². The molecule has 1 aromatic carbocycles. The fourth-order valence-corrected chi connectivity index (χ4v) is 2.50. The van der Waals surface area contributed by atoms with E-state index in [-0.39, 0.29) is 5.82 Å². The number of thioether (sulfide) groups is 1. The molecule has 1 aromatic rings. The highest BCUT2D eigenvalue weighted by Crippen LogP contribution is 2.30. The van der Waals surface area contributed by atoms with Crippen LogP contribution in [-0.2, 0) is 0 Å². The highest BCUT2D eigenvalue weighted by atomic mass is 32.2. The molecule has 2 rings (SSSR count). The molecule has 84 valence electrons. The highest BCUT2D eigenvalue weighted by Gasteiger charge is 2.16. The van der Waals surface area contributed by atoms with E-state index in [0.717, 1.165) is 16.2 Å². The van der Waals surface area contributed by atoms with Gasteiger partial charge in [0.15, 0.2) is 0 Å². The van der Waals surface area contributed by atoms with Crippen LogP contribution in [0.1, 0.15) is 12.0 Å². The maximum absolute atomic E-state index is 13.1. The molecule has 0 aromatic heterocycles. The van der Waals surface area contributed by atoms with Crippen molar-refractivity contribution >= 4 is 23.5 Å². The molecule has 0 spiro atoms. The van der Waals surface area contributed by atoms with Crippen LogP contribution in [0.25, 0.3) is 0 Å². The zero-order chi connectivity index (χ0) is 11.5. The number of nitrogens with zero attached hydrogens (tertiary/aromatic N) is 1. The fourth-order valence-electron chi connectivity index (χ4n) is 1.48. The van der Waals surface area contributed by atoms with Crippen molar-refractivity contribution in [1.82, 2.24) is 5.43 Å². The quantitative estimate of drug-likeness (QED) is 0.732. The van der Waals surface area contributed by atoms with E-state index in [0.29, 0.717) is 12.1 Å². The minimum Gasteiger partial charge on any atom is -0.350 e. The number of primary amides is 1. The molecule has 4 nitrogen and oxygen atoms in total. The van der Waals surface area contributed by atoms with E-state index in [1.165, 1.54) is 12.1 Å². The van der Waals surface area contributed by atoms with Crippen LogP contribution in [0.4, 0.5) is 9.18 Å². The molecule has 0 saturated heterocycles. The van der Waals surface area contributed by atoms with Gasteiger partial charge in [0, 0.05) is 22.6 Å². The van der Waals surface area contributed by atoms with E-state index in [4.69, 9.17) is 5.73 Å². The first-order valence-electron chi connectivity index (χ1n) is 4.71. The predicted molar refractivity (Wildman–Crippen MR) is 61.0 cm³/mol. The Morgan fingerprint density at radius 3 is 3.12 bits per heavy atom. The second kappa shape index (κ2) is 4.52. The Morgan fingerprint density at radius 1 is 1.56 bits per heavy atom. The summed E-state index contributed by atoms with van der Waals surface area (Å²) in [5.74, 6) is 0.547. The van der Waals surface area contributed by atoms with Crippen molar-refractivity contribution in [3.8, 4) is 0 Å². The molecular weight excluding hydrogens is 229 g/mol. The molecule has 1 aliphatic heterocycles. The van der Waals surface area contributed by atoms with E-state index in [1.54, 1.807) is 17.8 Å². The van der Waals surface area contributed by atoms with Gasteiger partial charge in [-0.2, -0.15) is 5.10 Å². The summed E-state index contributed by atoms with van der Waals surface area (Å²) in [4.78, 5) is 11.5. The Bertz CT molecular complexity index is 461. The Kier molecular flexibility index (Phi) is 3.09. The second-order valence-electron chi connectivity index (χ2n) is 3.27. The topological polar surface area (TPSA) is 67.5 Å². The van der Waals surface area contributed by atoms with Gasteiger partial charge in [-0.25, -0.2) is 14.6 Å². The SMILES string of the molecule is NC(=O)N/N=C1\CCSc2ccc(F)cc21. The lowest BCUT2D eigenvalue weighted by Gasteiger charge is -2.16. The van der Waals surface area contributed by atoms with Crippen LogP contribution in [0.5, 0.6) is 0 Å². The third kappa shape index (κ3) is 2.33. The van der Waals surface area contributed by atoms with Crippen molar-refractivity contribution < 1.29 is 9.18 Å². The van der Waals surface area contributed by atoms with Gasteiger partial charge in [-0.1, -0.05) is 0 Å². The molecule has 3 N–H and O–H groups in total. The Morgan fingerprint density at radius 2 is 2.38 bits per heavy atom. The lowest BCUT2D eigenvalue weighted by molar-refractivity contribution is 0.249. The van der Waals surface area contributed by atoms with Crippen LogP contribution < -0.4 is 11.2 Å². The summed E-state index contributed by atoms with van der Waals surface area (Å²) in [7, 11) is 0. The van der Waals surface area contributed by atoms with Crippen LogP contribution in [0.15, 0.2) is 28.2 Å². The molecule has 2 amide bonds. The van der Waals surface area contributed by atoms with Crippen LogP contribution in [-0.4, -0.2) is 17.5 Å². The molecule has 0 unspecified atom stereocenters. The predicted octanol–water partition coefficient (Wildman–Crippen LogP) is 1.69. The van der Waals surface area contributed by atoms with E-state index in [1.807, 2.05) is 0 Å². The maximum Gasteiger partial charge on any atom is 0.332 e. The van der Waals surface area contributed by atoms with Crippen LogP contribution in [0, 0.1) is 5.82 Å². The minimum atomic E-state index is -0.719. The number of hydrazone groups is 1. The summed E-state index contributed by atoms with van der Waals surface area (Å²) in [5, 5.41) is 3.88. The van der Waals surface area contributed by atoms with E-state index >= 15 is 0 Å². The molecule has 0 bridgehead atoms. The van der Waals surface area contributed by atoms with Crippen molar-refractivity contribution in [2.24, 2.45) is 10.8 Å². The maximum atomic E-state index is 13.1. The Balaban J connectivity index is 2.35. The summed E-state index contributed by atoms with van der Waals surface area (Å²) in [6.45, 7) is 0. The number of nitrogens with two attached hydrogens (primary N) is 1. The standard InChI is InChI=1S/C10H10FN3OS/c11-6-1-2-9-7(5-6)8(3-4-16-9)13-14-10(12)15/h1-2,5H,3-4H2,(H3,12,14,15)/b13-8+. The van der Waals surface area contributed by atoms with E-state index in [2.05, 4.69) is 10.5 Å². The number of urea groups is 1. The number of halogens is 1. The number of fused-ring (bicyclic) bond motifs is 1. The number of carbonyl (C=O) groups excluding carboxylic acids is 1. The molecule has 16 heavy (non-hydrogen) atoms. The van der Waals surface area contributed by atoms with Gasteiger partial charge in [0.1, 0.15) is 5.82 Å². The van der Waals surface area contributed by atoms with Gasteiger partial charge < -0.3 is 5.73 Å². The lowest BCUT2D eigenvalue weighted by atomic mass is 10.1. The monoisotopic (exact) mass is 239 g/mol. The average molecular weight is 239 g/mol. The summed E-state index contributed by atoms with van der Waals surface area (Å²) in [6.07, 6.45) is 0.682. The largest absolute Gasteiger partial charge is 0.350 e. The van der Waals surface area contributed by atoms with Crippen molar-refractivity contribution in [1.29, 1.82) is 0 Å². The molecule has 0 fully saturated rings. The van der Waals surface area contributed by atoms with Gasteiger partial charge in [0.05, 0.1) is 5.71 Å². The van der Waals surface area contributed by atoms with Gasteiger partial charge in [-0.05, 0) is 18.2 Å². The first kappa shape index (κ1) is 10.9. The summed E-state index contributed by atoms with van der Waals surface area (Å²) in [6, 6.07) is 3.83. The van der Waals surface area contributed by atoms with Crippen molar-refractivity contribution in [3.05, 3.63) is 29.6 Å². The van der Waals surface area contributed by atoms with Gasteiger partial charge >= 0.3 is 6.03 Å². The highest BCUT2D eigenvalue weighted by molar-refractivity contribution is 7.99. The van der Waals surface area contributed by atoms with E-state index < -0.39 is 6.03 Å². The molecule has 0 atom stereocenters. The van der Waals surface area contributed by atoms with Gasteiger partial charge in [0.2, 0.25) is 0 Å². The van der Waals surface area contributed by atoms with Crippen molar-refractivity contribution in [2.75, 3.05) is 5.75 Å². The molecule has 0 saturated carbocycles. The third-order valence-corrected chi connectivity index (χ3v) is 3.23. The number of benzene rings is 1. The second-order valence-corrected chi connectivity index (χ2v) is 4.41. The smallest absolute Gasteiger partial charge is 0.332 e. The molecule has 1 heterocycles. The number of hydrogen-bond acceptors (Lipinski definition) is 3. The Labute approximate surface area is 96.1 Å². The normalized spacial score (nSPS) is 16.9. The van der Waals surface area contributed by atoms with Crippen LogP contribution in [0.3, 0.4) is 0 Å². The summed E-state index contributed by atoms with van der Waals surface area (Å²) in [5.41, 5.74) is 8.48. The number of rotatable bonds is 1. The Hall–Kier alpha value is -1.56. The van der Waals surface area contributed by atoms with Crippen molar-refractivity contribution in [2.45, 2.75) is 11.3 Å². The van der Waals surface area contributed by atoms with E-state index in [9.17, 15) is 9.18 Å². The summed E-state index contributed by atoms with van der Waals surface area (Å²) >= 11 is 1.64. The molecule has 1 aliphatic rings.